The molecule has 2 N–H and O–H groups in total. The van der Waals surface area contributed by atoms with Gasteiger partial charge in [-0.15, -0.1) is 9.32 Å². The van der Waals surface area contributed by atoms with Crippen molar-refractivity contribution in [2.45, 2.75) is 22.9 Å². The van der Waals surface area contributed by atoms with Gasteiger partial charge < -0.3 is 4.74 Å². The molecule has 9 nitrogen and oxygen atoms in total. The molecule has 0 radical (unpaired) electrons. The van der Waals surface area contributed by atoms with E-state index in [2.05, 4.69) is 19.3 Å². The van der Waals surface area contributed by atoms with Crippen LogP contribution in [0.15, 0.2) is 119 Å². The Morgan fingerprint density at radius 3 is 2.02 bits per heavy atom. The van der Waals surface area contributed by atoms with Gasteiger partial charge in [0.05, 0.1) is 48.1 Å². The second-order valence-electron chi connectivity index (χ2n) is 10.1. The fourth-order valence-corrected chi connectivity index (χ4v) is 5.42. The SMILES string of the molecule is COOSc1ccc(C2=C(c3ccccc3)C(=O)OC2)cc1.Cc1ccc(-c2cc(C(F)(F)F)nn2-c2ccc(SOON)cc2)cc1. The van der Waals surface area contributed by atoms with E-state index in [9.17, 15) is 18.0 Å². The Morgan fingerprint density at radius 2 is 1.42 bits per heavy atom. The number of alkyl halides is 3. The number of halogens is 3. The molecule has 0 fully saturated rings. The molecule has 1 aliphatic rings. The summed E-state index contributed by atoms with van der Waals surface area (Å²) in [4.78, 5) is 22.2. The highest BCUT2D eigenvalue weighted by molar-refractivity contribution is 7.94. The van der Waals surface area contributed by atoms with Crippen LogP contribution in [0.1, 0.15) is 22.4 Å². The summed E-state index contributed by atoms with van der Waals surface area (Å²) in [7, 11) is 1.46. The smallest absolute Gasteiger partial charge is 0.435 e. The number of nitrogens with zero attached hydrogens (tertiary/aromatic N) is 2. The lowest BCUT2D eigenvalue weighted by Crippen LogP contribution is -2.07. The van der Waals surface area contributed by atoms with Gasteiger partial charge in [0.1, 0.15) is 6.61 Å². The first-order valence-corrected chi connectivity index (χ1v) is 15.6. The number of cyclic esters (lactones) is 1. The molecule has 1 aliphatic heterocycles. The van der Waals surface area contributed by atoms with E-state index in [0.29, 0.717) is 34.0 Å². The largest absolute Gasteiger partial charge is 0.457 e. The zero-order valence-corrected chi connectivity index (χ0v) is 27.1. The van der Waals surface area contributed by atoms with Gasteiger partial charge in [-0.05, 0) is 60.5 Å². The second-order valence-corrected chi connectivity index (χ2v) is 11.6. The lowest BCUT2D eigenvalue weighted by molar-refractivity contribution is -0.195. The maximum Gasteiger partial charge on any atom is 0.435 e. The summed E-state index contributed by atoms with van der Waals surface area (Å²) >= 11 is 2.01. The topological polar surface area (TPSA) is 107 Å². The molecule has 0 saturated carbocycles. The first kappa shape index (κ1) is 34.9. The van der Waals surface area contributed by atoms with Crippen LogP contribution >= 0.6 is 24.1 Å². The molecular formula is C34H28F3N3O6S2. The molecule has 2 heterocycles. The fraction of sp³-hybridized carbons (Fsp3) is 0.118. The lowest BCUT2D eigenvalue weighted by atomic mass is 9.97. The summed E-state index contributed by atoms with van der Waals surface area (Å²) in [5.41, 5.74) is 4.90. The van der Waals surface area contributed by atoms with Crippen molar-refractivity contribution in [1.29, 1.82) is 0 Å². The Labute approximate surface area is 282 Å². The van der Waals surface area contributed by atoms with Gasteiger partial charge in [-0.1, -0.05) is 72.3 Å². The quantitative estimate of drug-likeness (QED) is 0.0662. The minimum atomic E-state index is -4.53. The number of benzene rings is 4. The number of aromatic nitrogens is 2. The highest BCUT2D eigenvalue weighted by Crippen LogP contribution is 2.35. The molecule has 6 rings (SSSR count). The third-order valence-electron chi connectivity index (χ3n) is 6.91. The van der Waals surface area contributed by atoms with Crippen molar-refractivity contribution < 1.29 is 41.2 Å². The highest BCUT2D eigenvalue weighted by atomic mass is 32.2. The molecule has 48 heavy (non-hydrogen) atoms. The highest BCUT2D eigenvalue weighted by Gasteiger charge is 2.35. The van der Waals surface area contributed by atoms with E-state index in [0.717, 1.165) is 57.3 Å². The van der Waals surface area contributed by atoms with Crippen molar-refractivity contribution >= 4 is 41.2 Å². The van der Waals surface area contributed by atoms with Crippen LogP contribution in [0.4, 0.5) is 13.2 Å². The minimum absolute atomic E-state index is 0.276. The molecule has 0 saturated heterocycles. The Balaban J connectivity index is 0.000000190. The monoisotopic (exact) mass is 695 g/mol. The minimum Gasteiger partial charge on any atom is -0.457 e. The molecule has 5 aromatic rings. The number of carbonyl (C=O) groups excluding carboxylic acids is 1. The number of nitrogens with two attached hydrogens (primary N) is 1. The number of rotatable bonds is 10. The second kappa shape index (κ2) is 16.1. The first-order valence-electron chi connectivity index (χ1n) is 14.2. The van der Waals surface area contributed by atoms with Crippen molar-refractivity contribution in [3.63, 3.8) is 0 Å². The summed E-state index contributed by atoms with van der Waals surface area (Å²) in [5, 5.41) is 3.75. The van der Waals surface area contributed by atoms with Gasteiger partial charge in [-0.3, -0.25) is 0 Å². The number of hydrogen-bond acceptors (Lipinski definition) is 10. The Kier molecular flexibility index (Phi) is 11.7. The van der Waals surface area contributed by atoms with E-state index in [1.165, 1.54) is 11.8 Å². The normalized spacial score (nSPS) is 12.9. The zero-order chi connectivity index (χ0) is 34.1. The Morgan fingerprint density at radius 1 is 0.812 bits per heavy atom. The third-order valence-corrected chi connectivity index (χ3v) is 8.19. The molecule has 0 atom stereocenters. The van der Waals surface area contributed by atoms with Gasteiger partial charge in [0.2, 0.25) is 0 Å². The van der Waals surface area contributed by atoms with Crippen LogP contribution in [0.25, 0.3) is 28.1 Å². The molecule has 4 aromatic carbocycles. The summed E-state index contributed by atoms with van der Waals surface area (Å²) in [6.45, 7) is 2.20. The van der Waals surface area contributed by atoms with Crippen LogP contribution in [0.5, 0.6) is 0 Å². The first-order chi connectivity index (χ1) is 23.2. The van der Waals surface area contributed by atoms with Crippen molar-refractivity contribution in [3.05, 3.63) is 132 Å². The van der Waals surface area contributed by atoms with Crippen molar-refractivity contribution in [1.82, 2.24) is 9.78 Å². The van der Waals surface area contributed by atoms with Crippen molar-refractivity contribution in [2.75, 3.05) is 13.7 Å². The number of esters is 1. The van der Waals surface area contributed by atoms with Crippen molar-refractivity contribution in [3.8, 4) is 16.9 Å². The number of hydrogen-bond donors (Lipinski definition) is 1. The predicted molar refractivity (Wildman–Crippen MR) is 176 cm³/mol. The molecule has 0 unspecified atom stereocenters. The van der Waals surface area contributed by atoms with E-state index in [1.54, 1.807) is 36.4 Å². The van der Waals surface area contributed by atoms with Crippen LogP contribution in [-0.4, -0.2) is 29.5 Å². The van der Waals surface area contributed by atoms with Gasteiger partial charge in [-0.25, -0.2) is 14.4 Å². The molecule has 248 valence electrons. The standard InChI is InChI=1S/C17H14F3N3O2S.C17H14O4S/c1-11-2-4-12(5-3-11)15-10-16(17(18,19)20)22-23(15)13-6-8-14(9-7-13)26-25-24-21;1-19-21-22-14-9-7-12(8-10-14)15-11-20-17(18)16(15)13-5-3-2-4-6-13/h2-10H,21H2,1H3;2-10H,11H2,1H3. The van der Waals surface area contributed by atoms with Gasteiger partial charge >= 0.3 is 12.1 Å². The summed E-state index contributed by atoms with van der Waals surface area (Å²) in [6, 6.07) is 32.1. The van der Waals surface area contributed by atoms with Gasteiger partial charge in [-0.2, -0.15) is 28.5 Å². The molecular weight excluding hydrogens is 668 g/mol. The van der Waals surface area contributed by atoms with Crippen LogP contribution in [0.3, 0.4) is 0 Å². The maximum atomic E-state index is 13.2. The molecule has 0 amide bonds. The van der Waals surface area contributed by atoms with Crippen molar-refractivity contribution in [2.24, 2.45) is 5.90 Å². The molecule has 1 aromatic heterocycles. The zero-order valence-electron chi connectivity index (χ0n) is 25.5. The number of carbonyl (C=O) groups is 1. The number of aryl methyl sites for hydroxylation is 1. The van der Waals surface area contributed by atoms with E-state index >= 15 is 0 Å². The molecule has 0 aliphatic carbocycles. The fourth-order valence-electron chi connectivity index (χ4n) is 4.66. The average Bonchev–Trinajstić information content (AvgIpc) is 3.73. The van der Waals surface area contributed by atoms with E-state index in [-0.39, 0.29) is 5.97 Å². The van der Waals surface area contributed by atoms with Gasteiger partial charge in [0.15, 0.2) is 5.69 Å². The summed E-state index contributed by atoms with van der Waals surface area (Å²) in [6.07, 6.45) is -4.53. The number of ether oxygens (including phenoxy) is 1. The van der Waals surface area contributed by atoms with E-state index < -0.39 is 11.9 Å². The van der Waals surface area contributed by atoms with E-state index in [1.807, 2.05) is 73.7 Å². The van der Waals surface area contributed by atoms with Gasteiger partial charge in [0.25, 0.3) is 0 Å². The Bertz CT molecular complexity index is 1850. The van der Waals surface area contributed by atoms with Crippen LogP contribution in [0, 0.1) is 6.92 Å². The average molecular weight is 696 g/mol. The Hall–Kier alpha value is -4.41. The predicted octanol–water partition coefficient (Wildman–Crippen LogP) is 8.43. The van der Waals surface area contributed by atoms with E-state index in [4.69, 9.17) is 15.0 Å². The molecule has 14 heteroatoms. The molecule has 0 bridgehead atoms. The van der Waals surface area contributed by atoms with Crippen LogP contribution < -0.4 is 5.90 Å². The third kappa shape index (κ3) is 8.73. The van der Waals surface area contributed by atoms with Crippen LogP contribution in [-0.2, 0) is 34.3 Å². The lowest BCUT2D eigenvalue weighted by Gasteiger charge is -2.09. The van der Waals surface area contributed by atoms with Gasteiger partial charge in [0, 0.05) is 20.9 Å². The summed E-state index contributed by atoms with van der Waals surface area (Å²) in [5.74, 6) is 4.50. The molecule has 0 spiro atoms. The summed E-state index contributed by atoms with van der Waals surface area (Å²) < 4.78 is 55.3. The van der Waals surface area contributed by atoms with Crippen LogP contribution in [0.2, 0.25) is 0 Å². The maximum absolute atomic E-state index is 13.2.